The quantitative estimate of drug-likeness (QED) is 0.454. The molecule has 0 aliphatic carbocycles. The van der Waals surface area contributed by atoms with Gasteiger partial charge in [0.25, 0.3) is 0 Å². The highest BCUT2D eigenvalue weighted by molar-refractivity contribution is 7.41. The van der Waals surface area contributed by atoms with Crippen molar-refractivity contribution in [1.29, 1.82) is 0 Å². The Bertz CT molecular complexity index is 94.0. The summed E-state index contributed by atoms with van der Waals surface area (Å²) in [5.74, 6) is 0.371. The molecule has 0 radical (unpaired) electrons. The van der Waals surface area contributed by atoms with E-state index in [4.69, 9.17) is 4.89 Å². The van der Waals surface area contributed by atoms with Crippen LogP contribution >= 0.6 is 8.03 Å². The van der Waals surface area contributed by atoms with Gasteiger partial charge in [0.05, 0.1) is 0 Å². The molecule has 2 unspecified atom stereocenters. The zero-order valence-electron chi connectivity index (χ0n) is 5.46. The van der Waals surface area contributed by atoms with Crippen LogP contribution in [0.25, 0.3) is 0 Å². The second-order valence-corrected chi connectivity index (χ2v) is 5.92. The highest BCUT2D eigenvalue weighted by Gasteiger charge is 2.25. The average Bonchev–Trinajstić information content (AvgIpc) is 1.64. The second kappa shape index (κ2) is 3.59. The van der Waals surface area contributed by atoms with Crippen molar-refractivity contribution >= 4 is 24.3 Å². The zero-order valence-corrected chi connectivity index (χ0v) is 8.35. The first-order chi connectivity index (χ1) is 3.55. The molecule has 0 fully saturated rings. The molecule has 0 spiro atoms. The van der Waals surface area contributed by atoms with Crippen LogP contribution in [0.5, 0.6) is 0 Å². The van der Waals surface area contributed by atoms with Crippen molar-refractivity contribution in [2.45, 2.75) is 18.4 Å². The van der Waals surface area contributed by atoms with Crippen LogP contribution in [0.15, 0.2) is 0 Å². The Morgan fingerprint density at radius 1 is 1.62 bits per heavy atom. The van der Waals surface area contributed by atoms with E-state index in [1.807, 2.05) is 13.8 Å². The Morgan fingerprint density at radius 3 is 2.00 bits per heavy atom. The summed E-state index contributed by atoms with van der Waals surface area (Å²) in [4.78, 5) is 8.54. The van der Waals surface area contributed by atoms with Gasteiger partial charge >= 0.3 is 24.3 Å². The maximum Gasteiger partial charge on any atom is 0.491 e. The summed E-state index contributed by atoms with van der Waals surface area (Å²) in [5.41, 5.74) is 0. The zero-order chi connectivity index (χ0) is 6.73. The molecule has 8 heavy (non-hydrogen) atoms. The lowest BCUT2D eigenvalue weighted by molar-refractivity contribution is 0.487. The van der Waals surface area contributed by atoms with Gasteiger partial charge in [-0.3, -0.25) is 0 Å². The minimum absolute atomic E-state index is 0.0741. The molecule has 0 aromatic rings. The molecule has 0 heterocycles. The van der Waals surface area contributed by atoms with Crippen molar-refractivity contribution in [3.05, 3.63) is 0 Å². The number of hydrogen-bond acceptors (Lipinski definition) is 1. The van der Waals surface area contributed by atoms with Crippen LogP contribution in [-0.4, -0.2) is 25.7 Å². The van der Waals surface area contributed by atoms with Gasteiger partial charge in [0.2, 0.25) is 0 Å². The topological polar surface area (TPSA) is 37.3 Å². The first-order valence-electron chi connectivity index (χ1n) is 2.71. The third-order valence-electron chi connectivity index (χ3n) is 1.31. The van der Waals surface area contributed by atoms with Crippen molar-refractivity contribution in [2.75, 3.05) is 0 Å². The van der Waals surface area contributed by atoms with E-state index in [9.17, 15) is 4.57 Å². The lowest BCUT2D eigenvalue weighted by atomic mass is 10.3. The van der Waals surface area contributed by atoms with Gasteiger partial charge in [0.1, 0.15) is 4.52 Å². The molecular formula is C4H11AlO2P+. The lowest BCUT2D eigenvalue weighted by Crippen LogP contribution is -2.09. The largest absolute Gasteiger partial charge is 0.491 e. The normalized spacial score (nSPS) is 16.2. The van der Waals surface area contributed by atoms with Gasteiger partial charge < -0.3 is 0 Å². The molecule has 46 valence electrons. The molecule has 0 bridgehead atoms. The average molecular weight is 149 g/mol. The van der Waals surface area contributed by atoms with Crippen molar-refractivity contribution in [1.82, 2.24) is 0 Å². The SMILES string of the molecule is CC(C)[CH]([AlH2])[P+](=O)O. The molecule has 1 N–H and O–H groups in total. The summed E-state index contributed by atoms with van der Waals surface area (Å²) < 4.78 is 10.4. The molecule has 2 nitrogen and oxygen atoms in total. The Morgan fingerprint density at radius 2 is 2.00 bits per heavy atom. The molecule has 0 aliphatic heterocycles. The summed E-state index contributed by atoms with van der Waals surface area (Å²) in [6.45, 7) is 3.95. The Hall–Kier alpha value is 0.592. The minimum Gasteiger partial charge on any atom is -0.162 e. The summed E-state index contributed by atoms with van der Waals surface area (Å²) in [7, 11) is -1.89. The molecule has 4 heteroatoms. The Balaban J connectivity index is 3.64. The van der Waals surface area contributed by atoms with Gasteiger partial charge in [0.15, 0.2) is 0 Å². The van der Waals surface area contributed by atoms with Crippen molar-refractivity contribution in [2.24, 2.45) is 5.92 Å². The maximum absolute atomic E-state index is 10.3. The number of hydrogen-bond donors (Lipinski definition) is 1. The van der Waals surface area contributed by atoms with Crippen LogP contribution in [0.1, 0.15) is 13.8 Å². The predicted octanol–water partition coefficient (Wildman–Crippen LogP) is 0.336. The van der Waals surface area contributed by atoms with E-state index in [0.717, 1.165) is 16.3 Å². The fourth-order valence-corrected chi connectivity index (χ4v) is 0.765. The Labute approximate surface area is 58.6 Å². The highest BCUT2D eigenvalue weighted by atomic mass is 31.1. The first kappa shape index (κ1) is 8.59. The van der Waals surface area contributed by atoms with Crippen molar-refractivity contribution in [3.63, 3.8) is 0 Å². The summed E-state index contributed by atoms with van der Waals surface area (Å²) >= 11 is 0.824. The smallest absolute Gasteiger partial charge is 0.162 e. The van der Waals surface area contributed by atoms with Gasteiger partial charge in [-0.2, -0.15) is 4.89 Å². The minimum atomic E-state index is -1.89. The molecular weight excluding hydrogens is 138 g/mol. The fraction of sp³-hybridized carbons (Fsp3) is 1.00. The molecule has 0 saturated heterocycles. The molecule has 0 amide bonds. The van der Waals surface area contributed by atoms with Gasteiger partial charge in [-0.15, -0.1) is 0 Å². The predicted molar refractivity (Wildman–Crippen MR) is 37.0 cm³/mol. The van der Waals surface area contributed by atoms with Gasteiger partial charge in [-0.05, 0) is 10.5 Å². The first-order valence-corrected chi connectivity index (χ1v) is 5.14. The Kier molecular flexibility index (Phi) is 3.85. The lowest BCUT2D eigenvalue weighted by Gasteiger charge is -1.98. The van der Waals surface area contributed by atoms with Crippen LogP contribution in [-0.2, 0) is 4.57 Å². The maximum atomic E-state index is 10.3. The molecule has 0 aromatic heterocycles. The van der Waals surface area contributed by atoms with Crippen LogP contribution in [0.4, 0.5) is 0 Å². The van der Waals surface area contributed by atoms with E-state index < -0.39 is 8.03 Å². The summed E-state index contributed by atoms with van der Waals surface area (Å²) in [6, 6.07) is 0. The summed E-state index contributed by atoms with van der Waals surface area (Å²) in [5, 5.41) is 0. The van der Waals surface area contributed by atoms with E-state index in [-0.39, 0.29) is 4.52 Å². The molecule has 0 aromatic carbocycles. The van der Waals surface area contributed by atoms with Gasteiger partial charge in [-0.25, -0.2) is 0 Å². The summed E-state index contributed by atoms with van der Waals surface area (Å²) in [6.07, 6.45) is 0. The molecule has 2 atom stereocenters. The van der Waals surface area contributed by atoms with Crippen LogP contribution in [0.3, 0.4) is 0 Å². The van der Waals surface area contributed by atoms with Crippen molar-refractivity contribution < 1.29 is 9.46 Å². The fourth-order valence-electron chi connectivity index (χ4n) is 0.255. The molecule has 0 rings (SSSR count). The third-order valence-corrected chi connectivity index (χ3v) is 5.26. The van der Waals surface area contributed by atoms with Gasteiger partial charge in [0, 0.05) is 0 Å². The van der Waals surface area contributed by atoms with Gasteiger partial charge in [-0.1, -0.05) is 13.8 Å². The molecule has 0 saturated carbocycles. The van der Waals surface area contributed by atoms with E-state index in [2.05, 4.69) is 0 Å². The van der Waals surface area contributed by atoms with E-state index in [1.54, 1.807) is 0 Å². The standard InChI is InChI=1S/C4H9O2P.Al.2H/c1-4(2)3-7(5)6;;;/h3-4H,1-2H3,(H,5,6);;;/q+1;;;. The monoisotopic (exact) mass is 149 g/mol. The number of rotatable bonds is 2. The van der Waals surface area contributed by atoms with E-state index in [0.29, 0.717) is 5.92 Å². The van der Waals surface area contributed by atoms with Crippen molar-refractivity contribution in [3.8, 4) is 0 Å². The van der Waals surface area contributed by atoms with Crippen LogP contribution < -0.4 is 0 Å². The third kappa shape index (κ3) is 2.79. The van der Waals surface area contributed by atoms with E-state index >= 15 is 0 Å². The highest BCUT2D eigenvalue weighted by Crippen LogP contribution is 2.25. The van der Waals surface area contributed by atoms with Crippen LogP contribution in [0, 0.1) is 5.92 Å². The molecule has 0 aliphatic rings. The van der Waals surface area contributed by atoms with E-state index in [1.165, 1.54) is 0 Å². The van der Waals surface area contributed by atoms with Crippen LogP contribution in [0.2, 0.25) is 0 Å². The second-order valence-electron chi connectivity index (χ2n) is 2.29.